The van der Waals surface area contributed by atoms with Gasteiger partial charge in [0.05, 0.1) is 11.2 Å². The highest BCUT2D eigenvalue weighted by Crippen LogP contribution is 2.31. The van der Waals surface area contributed by atoms with Gasteiger partial charge in [0.15, 0.2) is 0 Å². The Kier molecular flexibility index (Phi) is 5.68. The minimum Gasteiger partial charge on any atom is -0.490 e. The van der Waals surface area contributed by atoms with Crippen LogP contribution < -0.4 is 15.2 Å². The number of piperidine rings is 1. The van der Waals surface area contributed by atoms with E-state index < -0.39 is 0 Å². The molecule has 2 aromatic heterocycles. The lowest BCUT2D eigenvalue weighted by molar-refractivity contribution is 0.121. The number of fused-ring (bicyclic) bond motifs is 1. The first kappa shape index (κ1) is 21.9. The third kappa shape index (κ3) is 4.20. The Bertz CT molecular complexity index is 1230. The zero-order valence-electron chi connectivity index (χ0n) is 19.4. The lowest BCUT2D eigenvalue weighted by atomic mass is 9.87. The van der Waals surface area contributed by atoms with Crippen LogP contribution in [0, 0.1) is 17.2 Å². The Hall–Kier alpha value is -3.33. The summed E-state index contributed by atoms with van der Waals surface area (Å²) >= 11 is 0. The van der Waals surface area contributed by atoms with Crippen LogP contribution in [-0.2, 0) is 12.5 Å². The van der Waals surface area contributed by atoms with E-state index in [1.54, 1.807) is 29.8 Å². The second-order valence-electron chi connectivity index (χ2n) is 9.75. The number of aromatic nitrogens is 2. The third-order valence-corrected chi connectivity index (χ3v) is 6.36. The summed E-state index contributed by atoms with van der Waals surface area (Å²) in [6.45, 7) is 10.3. The molecule has 1 aliphatic rings. The van der Waals surface area contributed by atoms with Crippen molar-refractivity contribution in [2.24, 2.45) is 13.0 Å². The summed E-state index contributed by atoms with van der Waals surface area (Å²) in [4.78, 5) is 19.3. The molecule has 4 rings (SSSR count). The molecule has 0 bridgehead atoms. The number of rotatable bonds is 3. The van der Waals surface area contributed by atoms with Gasteiger partial charge in [0, 0.05) is 38.5 Å². The van der Waals surface area contributed by atoms with E-state index in [-0.39, 0.29) is 23.0 Å². The lowest BCUT2D eigenvalue weighted by Gasteiger charge is -2.38. The maximum absolute atomic E-state index is 12.6. The van der Waals surface area contributed by atoms with Crippen LogP contribution in [0.4, 0.5) is 5.69 Å². The first-order valence-corrected chi connectivity index (χ1v) is 11.1. The number of nitrogens with zero attached hydrogens (tertiary/aromatic N) is 4. The van der Waals surface area contributed by atoms with Gasteiger partial charge in [0.2, 0.25) is 0 Å². The van der Waals surface area contributed by atoms with E-state index in [1.165, 1.54) is 5.56 Å². The number of ether oxygens (including phenoxy) is 1. The van der Waals surface area contributed by atoms with Crippen LogP contribution in [0.3, 0.4) is 0 Å². The van der Waals surface area contributed by atoms with Crippen LogP contribution in [0.5, 0.6) is 5.75 Å². The first-order chi connectivity index (χ1) is 15.2. The zero-order valence-corrected chi connectivity index (χ0v) is 19.4. The summed E-state index contributed by atoms with van der Waals surface area (Å²) in [5.74, 6) is 1.16. The van der Waals surface area contributed by atoms with Gasteiger partial charge in [0.1, 0.15) is 29.1 Å². The van der Waals surface area contributed by atoms with Crippen LogP contribution in [0.2, 0.25) is 0 Å². The van der Waals surface area contributed by atoms with Gasteiger partial charge in [0.25, 0.3) is 5.56 Å². The predicted molar refractivity (Wildman–Crippen MR) is 127 cm³/mol. The molecule has 3 heterocycles. The molecular formula is C26H30N4O2. The van der Waals surface area contributed by atoms with Gasteiger partial charge in [-0.05, 0) is 35.2 Å². The topological polar surface area (TPSA) is 71.2 Å². The van der Waals surface area contributed by atoms with Gasteiger partial charge in [-0.3, -0.25) is 4.79 Å². The summed E-state index contributed by atoms with van der Waals surface area (Å²) in [7, 11) is 1.73. The maximum Gasteiger partial charge on any atom is 0.252 e. The lowest BCUT2D eigenvalue weighted by Crippen LogP contribution is -2.45. The minimum absolute atomic E-state index is 0.0797. The van der Waals surface area contributed by atoms with Crippen molar-refractivity contribution < 1.29 is 4.74 Å². The van der Waals surface area contributed by atoms with Crippen LogP contribution in [0.25, 0.3) is 11.0 Å². The molecule has 32 heavy (non-hydrogen) atoms. The van der Waals surface area contributed by atoms with Crippen molar-refractivity contribution in [3.8, 4) is 11.8 Å². The molecule has 1 aliphatic heterocycles. The zero-order chi connectivity index (χ0) is 23.0. The summed E-state index contributed by atoms with van der Waals surface area (Å²) in [5.41, 5.74) is 3.89. The van der Waals surface area contributed by atoms with E-state index in [9.17, 15) is 10.1 Å². The third-order valence-electron chi connectivity index (χ3n) is 6.36. The first-order valence-electron chi connectivity index (χ1n) is 11.1. The Labute approximate surface area is 189 Å². The highest BCUT2D eigenvalue weighted by atomic mass is 16.5. The molecule has 1 fully saturated rings. The van der Waals surface area contributed by atoms with Crippen LogP contribution in [0.1, 0.15) is 45.4 Å². The van der Waals surface area contributed by atoms with E-state index >= 15 is 0 Å². The molecule has 6 heteroatoms. The fourth-order valence-electron chi connectivity index (χ4n) is 4.34. The van der Waals surface area contributed by atoms with Gasteiger partial charge >= 0.3 is 0 Å². The molecule has 0 spiro atoms. The summed E-state index contributed by atoms with van der Waals surface area (Å²) in [6.07, 6.45) is 0.948. The maximum atomic E-state index is 12.6. The number of pyridine rings is 2. The van der Waals surface area contributed by atoms with E-state index in [0.717, 1.165) is 36.5 Å². The van der Waals surface area contributed by atoms with E-state index in [4.69, 9.17) is 4.74 Å². The number of hydrogen-bond donors (Lipinski definition) is 0. The van der Waals surface area contributed by atoms with Crippen LogP contribution >= 0.6 is 0 Å². The molecule has 2 atom stereocenters. The van der Waals surface area contributed by atoms with Gasteiger partial charge in [-0.25, -0.2) is 4.98 Å². The number of nitriles is 1. The Balaban J connectivity index is 1.55. The second-order valence-corrected chi connectivity index (χ2v) is 9.75. The molecule has 0 N–H and O–H groups in total. The number of hydrogen-bond acceptors (Lipinski definition) is 5. The molecular weight excluding hydrogens is 400 g/mol. The molecule has 3 aromatic rings. The van der Waals surface area contributed by atoms with Crippen molar-refractivity contribution in [1.82, 2.24) is 9.55 Å². The summed E-state index contributed by atoms with van der Waals surface area (Å²) < 4.78 is 7.91. The van der Waals surface area contributed by atoms with Crippen molar-refractivity contribution >= 4 is 16.7 Å². The standard InChI is InChI=1S/C26H30N4O2/c1-17-16-30(13-12-23(17)32-20-9-6-18(7-10-20)26(2,3)4)22-14-24(31)29(5)21-11-8-19(15-27)28-25(21)22/h6-11,14,17,23H,12-13,16H2,1-5H3/t17-,23-/m1/s1. The van der Waals surface area contributed by atoms with Crippen molar-refractivity contribution in [3.05, 3.63) is 64.1 Å². The van der Waals surface area contributed by atoms with E-state index in [2.05, 4.69) is 67.9 Å². The second kappa shape index (κ2) is 8.31. The average Bonchev–Trinajstić information content (AvgIpc) is 2.77. The Morgan fingerprint density at radius 1 is 1.16 bits per heavy atom. The Morgan fingerprint density at radius 3 is 2.50 bits per heavy atom. The quantitative estimate of drug-likeness (QED) is 0.616. The SMILES string of the molecule is C[C@@H]1CN(c2cc(=O)n(C)c3ccc(C#N)nc23)CC[C@H]1Oc1ccc(C(C)(C)C)cc1. The van der Waals surface area contributed by atoms with E-state index in [1.807, 2.05) is 0 Å². The van der Waals surface area contributed by atoms with E-state index in [0.29, 0.717) is 11.2 Å². The molecule has 6 nitrogen and oxygen atoms in total. The molecule has 0 unspecified atom stereocenters. The summed E-state index contributed by atoms with van der Waals surface area (Å²) in [5, 5.41) is 9.29. The van der Waals surface area contributed by atoms with Gasteiger partial charge in [-0.15, -0.1) is 0 Å². The largest absolute Gasteiger partial charge is 0.490 e. The fourth-order valence-corrected chi connectivity index (χ4v) is 4.34. The molecule has 0 amide bonds. The number of anilines is 1. The van der Waals surface area contributed by atoms with Gasteiger partial charge in [-0.1, -0.05) is 39.8 Å². The van der Waals surface area contributed by atoms with Crippen LogP contribution in [-0.4, -0.2) is 28.7 Å². The number of benzene rings is 1. The minimum atomic E-state index is -0.0797. The molecule has 1 saturated heterocycles. The molecule has 166 valence electrons. The van der Waals surface area contributed by atoms with Crippen molar-refractivity contribution in [2.75, 3.05) is 18.0 Å². The smallest absolute Gasteiger partial charge is 0.252 e. The fraction of sp³-hybridized carbons (Fsp3) is 0.423. The van der Waals surface area contributed by atoms with Gasteiger partial charge < -0.3 is 14.2 Å². The highest BCUT2D eigenvalue weighted by Gasteiger charge is 2.29. The molecule has 1 aromatic carbocycles. The van der Waals surface area contributed by atoms with Crippen LogP contribution in [0.15, 0.2) is 47.3 Å². The molecule has 0 saturated carbocycles. The van der Waals surface area contributed by atoms with Crippen molar-refractivity contribution in [3.63, 3.8) is 0 Å². The monoisotopic (exact) mass is 430 g/mol. The molecule has 0 radical (unpaired) electrons. The Morgan fingerprint density at radius 2 is 1.88 bits per heavy atom. The number of aryl methyl sites for hydroxylation is 1. The summed E-state index contributed by atoms with van der Waals surface area (Å²) in [6, 6.07) is 15.6. The van der Waals surface area contributed by atoms with Crippen molar-refractivity contribution in [1.29, 1.82) is 5.26 Å². The normalized spacial score (nSPS) is 19.1. The van der Waals surface area contributed by atoms with Crippen molar-refractivity contribution in [2.45, 2.75) is 45.6 Å². The average molecular weight is 431 g/mol. The molecule has 0 aliphatic carbocycles. The highest BCUT2D eigenvalue weighted by molar-refractivity contribution is 5.88. The predicted octanol–water partition coefficient (Wildman–Crippen LogP) is 4.40. The van der Waals surface area contributed by atoms with Gasteiger partial charge in [-0.2, -0.15) is 5.26 Å².